The number of hydrogen-bond donors (Lipinski definition) is 1. The molecule has 2 saturated heterocycles. The monoisotopic (exact) mass is 397 g/mol. The van der Waals surface area contributed by atoms with Crippen LogP contribution in [0.1, 0.15) is 24.0 Å². The van der Waals surface area contributed by atoms with E-state index in [1.54, 1.807) is 10.4 Å². The highest BCUT2D eigenvalue weighted by atomic mass is 32.2. The Morgan fingerprint density at radius 3 is 2.65 bits per heavy atom. The number of benzene rings is 1. The maximum atomic E-state index is 13.0. The molecule has 144 valence electrons. The number of nitrogens with zero attached hydrogens (tertiary/aromatic N) is 2. The normalized spacial score (nSPS) is 21.8. The van der Waals surface area contributed by atoms with Crippen LogP contribution in [-0.2, 0) is 14.8 Å². The van der Waals surface area contributed by atoms with Gasteiger partial charge in [0.05, 0.1) is 11.0 Å². The molecule has 2 aliphatic rings. The van der Waals surface area contributed by atoms with Crippen LogP contribution in [0, 0.1) is 13.8 Å². The van der Waals surface area contributed by atoms with Crippen LogP contribution in [0.15, 0.2) is 23.1 Å². The van der Waals surface area contributed by atoms with Crippen molar-refractivity contribution < 1.29 is 13.2 Å². The van der Waals surface area contributed by atoms with Gasteiger partial charge in [0.15, 0.2) is 5.11 Å². The van der Waals surface area contributed by atoms with E-state index in [1.807, 2.05) is 30.9 Å². The molecule has 0 aliphatic carbocycles. The van der Waals surface area contributed by atoms with Gasteiger partial charge in [0.1, 0.15) is 0 Å². The summed E-state index contributed by atoms with van der Waals surface area (Å²) in [5.41, 5.74) is 1.74. The number of aryl methyl sites for hydroxylation is 2. The molecule has 2 heterocycles. The summed E-state index contributed by atoms with van der Waals surface area (Å²) in [6, 6.07) is 5.55. The van der Waals surface area contributed by atoms with E-state index in [1.165, 1.54) is 0 Å². The van der Waals surface area contributed by atoms with Crippen LogP contribution in [-0.4, -0.2) is 68.2 Å². The third kappa shape index (κ3) is 4.36. The SMILES string of the molecule is Cc1ccc(C)c(S(=O)(=O)N2CCN(C(=S)NC[C@H]3CCCO3)CC2)c1. The average Bonchev–Trinajstić information content (AvgIpc) is 3.15. The van der Waals surface area contributed by atoms with Crippen molar-refractivity contribution in [3.8, 4) is 0 Å². The second-order valence-corrected chi connectivity index (χ2v) is 9.27. The molecule has 1 aromatic carbocycles. The number of nitrogens with one attached hydrogen (secondary N) is 1. The van der Waals surface area contributed by atoms with Crippen molar-refractivity contribution in [2.24, 2.45) is 0 Å². The summed E-state index contributed by atoms with van der Waals surface area (Å²) in [4.78, 5) is 2.45. The second-order valence-electron chi connectivity index (χ2n) is 6.98. The zero-order chi connectivity index (χ0) is 18.7. The highest BCUT2D eigenvalue weighted by Crippen LogP contribution is 2.22. The summed E-state index contributed by atoms with van der Waals surface area (Å²) in [6.45, 7) is 7.38. The molecule has 0 aromatic heterocycles. The molecule has 1 aromatic rings. The fourth-order valence-corrected chi connectivity index (χ4v) is 5.37. The van der Waals surface area contributed by atoms with Crippen LogP contribution in [0.5, 0.6) is 0 Å². The molecule has 6 nitrogen and oxygen atoms in total. The molecule has 0 saturated carbocycles. The first-order valence-corrected chi connectivity index (χ1v) is 10.9. The lowest BCUT2D eigenvalue weighted by Gasteiger charge is -2.36. The van der Waals surface area contributed by atoms with Gasteiger partial charge in [0, 0.05) is 39.3 Å². The molecule has 0 bridgehead atoms. The van der Waals surface area contributed by atoms with E-state index in [0.717, 1.165) is 37.1 Å². The van der Waals surface area contributed by atoms with Crippen molar-refractivity contribution in [2.75, 3.05) is 39.3 Å². The van der Waals surface area contributed by atoms with Crippen LogP contribution >= 0.6 is 12.2 Å². The van der Waals surface area contributed by atoms with Crippen molar-refractivity contribution in [3.63, 3.8) is 0 Å². The summed E-state index contributed by atoms with van der Waals surface area (Å²) in [5, 5.41) is 3.95. The van der Waals surface area contributed by atoms with Gasteiger partial charge in [-0.05, 0) is 56.1 Å². The molecule has 0 spiro atoms. The predicted octanol–water partition coefficient (Wildman–Crippen LogP) is 1.66. The minimum atomic E-state index is -3.47. The van der Waals surface area contributed by atoms with E-state index in [-0.39, 0.29) is 6.10 Å². The number of hydrogen-bond acceptors (Lipinski definition) is 4. The molecule has 2 fully saturated rings. The zero-order valence-corrected chi connectivity index (χ0v) is 17.0. The standard InChI is InChI=1S/C18H27N3O3S2/c1-14-5-6-15(2)17(12-14)26(22,23)21-9-7-20(8-10-21)18(25)19-13-16-4-3-11-24-16/h5-6,12,16H,3-4,7-11,13H2,1-2H3,(H,19,25)/t16-/m1/s1. The average molecular weight is 398 g/mol. The van der Waals surface area contributed by atoms with Crippen LogP contribution in [0.25, 0.3) is 0 Å². The summed E-state index contributed by atoms with van der Waals surface area (Å²) < 4.78 is 33.1. The van der Waals surface area contributed by atoms with Gasteiger partial charge in [-0.2, -0.15) is 4.31 Å². The summed E-state index contributed by atoms with van der Waals surface area (Å²) in [7, 11) is -3.47. The molecule has 0 amide bonds. The van der Waals surface area contributed by atoms with Crippen molar-refractivity contribution in [1.82, 2.24) is 14.5 Å². The molecule has 26 heavy (non-hydrogen) atoms. The van der Waals surface area contributed by atoms with Gasteiger partial charge in [0.2, 0.25) is 10.0 Å². The van der Waals surface area contributed by atoms with Gasteiger partial charge in [-0.1, -0.05) is 12.1 Å². The lowest BCUT2D eigenvalue weighted by atomic mass is 10.2. The lowest BCUT2D eigenvalue weighted by molar-refractivity contribution is 0.113. The highest BCUT2D eigenvalue weighted by Gasteiger charge is 2.30. The van der Waals surface area contributed by atoms with Crippen LogP contribution in [0.3, 0.4) is 0 Å². The van der Waals surface area contributed by atoms with Gasteiger partial charge in [-0.3, -0.25) is 0 Å². The van der Waals surface area contributed by atoms with Crippen LogP contribution in [0.4, 0.5) is 0 Å². The minimum absolute atomic E-state index is 0.235. The number of piperazine rings is 1. The van der Waals surface area contributed by atoms with E-state index in [0.29, 0.717) is 36.2 Å². The summed E-state index contributed by atoms with van der Waals surface area (Å²) in [5.74, 6) is 0. The predicted molar refractivity (Wildman–Crippen MR) is 106 cm³/mol. The van der Waals surface area contributed by atoms with Gasteiger partial charge in [-0.15, -0.1) is 0 Å². The molecule has 1 N–H and O–H groups in total. The second kappa shape index (κ2) is 8.21. The zero-order valence-electron chi connectivity index (χ0n) is 15.4. The maximum absolute atomic E-state index is 13.0. The molecule has 0 unspecified atom stereocenters. The Labute approximate surface area is 161 Å². The van der Waals surface area contributed by atoms with Crippen LogP contribution in [0.2, 0.25) is 0 Å². The van der Waals surface area contributed by atoms with E-state index in [9.17, 15) is 8.42 Å². The molecular formula is C18H27N3O3S2. The van der Waals surface area contributed by atoms with E-state index in [4.69, 9.17) is 17.0 Å². The Kier molecular flexibility index (Phi) is 6.17. The molecule has 3 rings (SSSR count). The fourth-order valence-electron chi connectivity index (χ4n) is 3.37. The van der Waals surface area contributed by atoms with Crippen molar-refractivity contribution in [2.45, 2.75) is 37.7 Å². The number of sulfonamides is 1. The highest BCUT2D eigenvalue weighted by molar-refractivity contribution is 7.89. The van der Waals surface area contributed by atoms with Gasteiger partial charge in [-0.25, -0.2) is 8.42 Å². The minimum Gasteiger partial charge on any atom is -0.376 e. The topological polar surface area (TPSA) is 61.9 Å². The number of ether oxygens (including phenoxy) is 1. The first-order chi connectivity index (χ1) is 12.4. The molecule has 1 atom stereocenters. The van der Waals surface area contributed by atoms with Crippen molar-refractivity contribution in [3.05, 3.63) is 29.3 Å². The molecule has 8 heteroatoms. The summed E-state index contributed by atoms with van der Waals surface area (Å²) in [6.07, 6.45) is 2.41. The Morgan fingerprint density at radius 2 is 2.00 bits per heavy atom. The Bertz CT molecular complexity index is 753. The van der Waals surface area contributed by atoms with Crippen molar-refractivity contribution in [1.29, 1.82) is 0 Å². The van der Waals surface area contributed by atoms with Gasteiger partial charge >= 0.3 is 0 Å². The fraction of sp³-hybridized carbons (Fsp3) is 0.611. The summed E-state index contributed by atoms with van der Waals surface area (Å²) >= 11 is 5.46. The Hall–Kier alpha value is -1.22. The van der Waals surface area contributed by atoms with E-state index < -0.39 is 10.0 Å². The Balaban J connectivity index is 1.57. The lowest BCUT2D eigenvalue weighted by Crippen LogP contribution is -2.53. The first kappa shape index (κ1) is 19.5. The van der Waals surface area contributed by atoms with E-state index >= 15 is 0 Å². The largest absolute Gasteiger partial charge is 0.376 e. The number of thiocarbonyl (C=S) groups is 1. The van der Waals surface area contributed by atoms with Gasteiger partial charge in [0.25, 0.3) is 0 Å². The first-order valence-electron chi connectivity index (χ1n) is 9.10. The third-order valence-corrected chi connectivity index (χ3v) is 7.44. The van der Waals surface area contributed by atoms with Crippen molar-refractivity contribution >= 4 is 27.4 Å². The van der Waals surface area contributed by atoms with E-state index in [2.05, 4.69) is 5.32 Å². The molecular weight excluding hydrogens is 370 g/mol. The Morgan fingerprint density at radius 1 is 1.27 bits per heavy atom. The smallest absolute Gasteiger partial charge is 0.243 e. The molecule has 0 radical (unpaired) electrons. The maximum Gasteiger partial charge on any atom is 0.243 e. The number of rotatable bonds is 4. The molecule has 2 aliphatic heterocycles. The quantitative estimate of drug-likeness (QED) is 0.780. The third-order valence-electron chi connectivity index (χ3n) is 4.99. The van der Waals surface area contributed by atoms with Crippen LogP contribution < -0.4 is 5.32 Å². The van der Waals surface area contributed by atoms with Gasteiger partial charge < -0.3 is 15.0 Å².